The number of rotatable bonds is 1. The molecule has 20 heavy (non-hydrogen) atoms. The maximum atomic E-state index is 12.6. The van der Waals surface area contributed by atoms with Crippen LogP contribution in [0.3, 0.4) is 0 Å². The van der Waals surface area contributed by atoms with Gasteiger partial charge in [0.2, 0.25) is 0 Å². The van der Waals surface area contributed by atoms with Gasteiger partial charge in [0.15, 0.2) is 0 Å². The van der Waals surface area contributed by atoms with E-state index in [2.05, 4.69) is 6.92 Å². The van der Waals surface area contributed by atoms with E-state index in [1.54, 1.807) is 11.3 Å². The van der Waals surface area contributed by atoms with Crippen molar-refractivity contribution in [3.8, 4) is 0 Å². The molecule has 2 N–H and O–H groups in total. The molecule has 3 rings (SSSR count). The molecule has 1 aromatic heterocycles. The van der Waals surface area contributed by atoms with E-state index in [0.717, 1.165) is 52.5 Å². The predicted octanol–water partition coefficient (Wildman–Crippen LogP) is 3.75. The highest BCUT2D eigenvalue weighted by atomic mass is 32.1. The van der Waals surface area contributed by atoms with E-state index in [9.17, 15) is 4.79 Å². The molecule has 1 aliphatic heterocycles. The number of thiophene rings is 1. The first-order chi connectivity index (χ1) is 9.63. The van der Waals surface area contributed by atoms with Gasteiger partial charge < -0.3 is 10.6 Å². The predicted molar refractivity (Wildman–Crippen MR) is 85.2 cm³/mol. The van der Waals surface area contributed by atoms with Crippen molar-refractivity contribution in [2.45, 2.75) is 26.2 Å². The van der Waals surface area contributed by atoms with Crippen molar-refractivity contribution < 1.29 is 4.79 Å². The average Bonchev–Trinajstić information content (AvgIpc) is 2.72. The zero-order chi connectivity index (χ0) is 14.1. The Hall–Kier alpha value is -1.55. The second kappa shape index (κ2) is 5.44. The highest BCUT2D eigenvalue weighted by molar-refractivity contribution is 7.20. The molecular formula is C16H20N2OS. The third-order valence-electron chi connectivity index (χ3n) is 4.06. The summed E-state index contributed by atoms with van der Waals surface area (Å²) >= 11 is 1.57. The molecule has 2 heterocycles. The molecule has 1 aliphatic rings. The lowest BCUT2D eigenvalue weighted by molar-refractivity contribution is 0.0765. The molecule has 0 aliphatic carbocycles. The van der Waals surface area contributed by atoms with Gasteiger partial charge in [0.05, 0.1) is 4.88 Å². The number of benzene rings is 1. The normalized spacial score (nSPS) is 20.1. The van der Waals surface area contributed by atoms with Crippen LogP contribution in [0.5, 0.6) is 0 Å². The van der Waals surface area contributed by atoms with E-state index in [1.807, 2.05) is 29.2 Å². The Bertz CT molecular complexity index is 634. The highest BCUT2D eigenvalue weighted by Gasteiger charge is 2.21. The second-order valence-corrected chi connectivity index (χ2v) is 6.82. The monoisotopic (exact) mass is 288 g/mol. The number of nitrogens with two attached hydrogens (primary N) is 1. The number of nitrogens with zero attached hydrogens (tertiary/aromatic N) is 1. The minimum atomic E-state index is 0.180. The van der Waals surface area contributed by atoms with Crippen molar-refractivity contribution in [2.24, 2.45) is 5.92 Å². The maximum Gasteiger partial charge on any atom is 0.263 e. The zero-order valence-electron chi connectivity index (χ0n) is 11.8. The molecule has 0 saturated carbocycles. The molecule has 1 amide bonds. The summed E-state index contributed by atoms with van der Waals surface area (Å²) in [5.41, 5.74) is 6.55. The number of amides is 1. The van der Waals surface area contributed by atoms with Crippen LogP contribution in [0.25, 0.3) is 10.1 Å². The van der Waals surface area contributed by atoms with Crippen LogP contribution in [-0.2, 0) is 0 Å². The SMILES string of the molecule is CC1CCCN(C(=O)c2cc3cc(N)ccc3s2)CC1. The van der Waals surface area contributed by atoms with Crippen molar-refractivity contribution in [2.75, 3.05) is 18.8 Å². The second-order valence-electron chi connectivity index (χ2n) is 5.74. The van der Waals surface area contributed by atoms with Gasteiger partial charge in [-0.05, 0) is 54.8 Å². The van der Waals surface area contributed by atoms with E-state index in [4.69, 9.17) is 5.73 Å². The summed E-state index contributed by atoms with van der Waals surface area (Å²) < 4.78 is 1.13. The average molecular weight is 288 g/mol. The third kappa shape index (κ3) is 2.66. The van der Waals surface area contributed by atoms with Gasteiger partial charge in [0.1, 0.15) is 0 Å². The summed E-state index contributed by atoms with van der Waals surface area (Å²) in [4.78, 5) is 15.5. The lowest BCUT2D eigenvalue weighted by Crippen LogP contribution is -2.31. The fourth-order valence-corrected chi connectivity index (χ4v) is 3.80. The number of likely N-dealkylation sites (tertiary alicyclic amines) is 1. The molecule has 1 saturated heterocycles. The van der Waals surface area contributed by atoms with E-state index < -0.39 is 0 Å². The molecule has 1 unspecified atom stereocenters. The Morgan fingerprint density at radius 2 is 2.15 bits per heavy atom. The number of fused-ring (bicyclic) bond motifs is 1. The minimum absolute atomic E-state index is 0.180. The Balaban J connectivity index is 1.84. The van der Waals surface area contributed by atoms with Crippen LogP contribution in [0.4, 0.5) is 5.69 Å². The van der Waals surface area contributed by atoms with Crippen molar-refractivity contribution in [1.82, 2.24) is 4.90 Å². The summed E-state index contributed by atoms with van der Waals surface area (Å²) in [6, 6.07) is 7.80. The van der Waals surface area contributed by atoms with Crippen molar-refractivity contribution in [1.29, 1.82) is 0 Å². The molecule has 0 bridgehead atoms. The highest BCUT2D eigenvalue weighted by Crippen LogP contribution is 2.29. The van der Waals surface area contributed by atoms with Gasteiger partial charge in [-0.15, -0.1) is 11.3 Å². The minimum Gasteiger partial charge on any atom is -0.399 e. The van der Waals surface area contributed by atoms with Gasteiger partial charge in [0.25, 0.3) is 5.91 Å². The van der Waals surface area contributed by atoms with Gasteiger partial charge in [-0.2, -0.15) is 0 Å². The molecule has 2 aromatic rings. The molecule has 1 atom stereocenters. The number of nitrogen functional groups attached to an aromatic ring is 1. The fraction of sp³-hybridized carbons (Fsp3) is 0.438. The Labute approximate surface area is 123 Å². The first-order valence-electron chi connectivity index (χ1n) is 7.22. The number of anilines is 1. The number of carbonyl (C=O) groups excluding carboxylic acids is 1. The van der Waals surface area contributed by atoms with Crippen LogP contribution in [0.1, 0.15) is 35.9 Å². The van der Waals surface area contributed by atoms with E-state index in [1.165, 1.54) is 6.42 Å². The van der Waals surface area contributed by atoms with Gasteiger partial charge in [0, 0.05) is 23.5 Å². The standard InChI is InChI=1S/C16H20N2OS/c1-11-3-2-7-18(8-6-11)16(19)15-10-12-9-13(17)4-5-14(12)20-15/h4-5,9-11H,2-3,6-8,17H2,1H3. The number of hydrogen-bond acceptors (Lipinski definition) is 3. The summed E-state index contributed by atoms with van der Waals surface area (Å²) in [5, 5.41) is 1.07. The fourth-order valence-electron chi connectivity index (χ4n) is 2.79. The van der Waals surface area contributed by atoms with Crippen LogP contribution in [0.2, 0.25) is 0 Å². The van der Waals surface area contributed by atoms with Crippen molar-refractivity contribution in [3.05, 3.63) is 29.1 Å². The molecule has 106 valence electrons. The quantitative estimate of drug-likeness (QED) is 0.812. The largest absolute Gasteiger partial charge is 0.399 e. The molecule has 1 fully saturated rings. The Kier molecular flexibility index (Phi) is 3.66. The molecule has 0 radical (unpaired) electrons. The molecule has 4 heteroatoms. The summed E-state index contributed by atoms with van der Waals surface area (Å²) in [7, 11) is 0. The van der Waals surface area contributed by atoms with E-state index in [-0.39, 0.29) is 5.91 Å². The molecule has 1 aromatic carbocycles. The Morgan fingerprint density at radius 3 is 3.00 bits per heavy atom. The third-order valence-corrected chi connectivity index (χ3v) is 5.16. The first-order valence-corrected chi connectivity index (χ1v) is 8.03. The lowest BCUT2D eigenvalue weighted by atomic mass is 10.0. The lowest BCUT2D eigenvalue weighted by Gasteiger charge is -2.19. The summed E-state index contributed by atoms with van der Waals surface area (Å²) in [6.07, 6.45) is 3.46. The molecular weight excluding hydrogens is 268 g/mol. The number of carbonyl (C=O) groups is 1. The van der Waals surface area contributed by atoms with Crippen LogP contribution in [0.15, 0.2) is 24.3 Å². The van der Waals surface area contributed by atoms with Crippen LogP contribution < -0.4 is 5.73 Å². The molecule has 3 nitrogen and oxygen atoms in total. The van der Waals surface area contributed by atoms with Crippen LogP contribution in [0, 0.1) is 5.92 Å². The topological polar surface area (TPSA) is 46.3 Å². The first kappa shape index (κ1) is 13.4. The summed E-state index contributed by atoms with van der Waals surface area (Å²) in [6.45, 7) is 4.05. The Morgan fingerprint density at radius 1 is 1.30 bits per heavy atom. The van der Waals surface area contributed by atoms with Gasteiger partial charge in [-0.1, -0.05) is 6.92 Å². The van der Waals surface area contributed by atoms with E-state index in [0.29, 0.717) is 0 Å². The van der Waals surface area contributed by atoms with Gasteiger partial charge in [-0.3, -0.25) is 4.79 Å². The number of hydrogen-bond donors (Lipinski definition) is 1. The smallest absolute Gasteiger partial charge is 0.263 e. The van der Waals surface area contributed by atoms with Crippen molar-refractivity contribution >= 4 is 33.0 Å². The van der Waals surface area contributed by atoms with E-state index >= 15 is 0 Å². The summed E-state index contributed by atoms with van der Waals surface area (Å²) in [5.74, 6) is 0.911. The van der Waals surface area contributed by atoms with Gasteiger partial charge >= 0.3 is 0 Å². The maximum absolute atomic E-state index is 12.6. The van der Waals surface area contributed by atoms with Crippen LogP contribution >= 0.6 is 11.3 Å². The molecule has 0 spiro atoms. The van der Waals surface area contributed by atoms with Crippen molar-refractivity contribution in [3.63, 3.8) is 0 Å². The van der Waals surface area contributed by atoms with Crippen LogP contribution in [-0.4, -0.2) is 23.9 Å². The zero-order valence-corrected chi connectivity index (χ0v) is 12.6. The van der Waals surface area contributed by atoms with Gasteiger partial charge in [-0.25, -0.2) is 0 Å².